The van der Waals surface area contributed by atoms with Crippen molar-refractivity contribution in [2.24, 2.45) is 5.41 Å². The van der Waals surface area contributed by atoms with Gasteiger partial charge in [0.25, 0.3) is 0 Å². The standard InChI is InChI=1S/C15H27NO3S/c1-5-6-11(2)16-14(18)12(3)20-10-15(7-8-15)9-13(17)19-4/h11-12H,5-10H2,1-4H3,(H,16,18). The first-order valence-electron chi connectivity index (χ1n) is 7.41. The van der Waals surface area contributed by atoms with Crippen LogP contribution in [0.2, 0.25) is 0 Å². The third kappa shape index (κ3) is 5.73. The molecule has 0 aliphatic heterocycles. The van der Waals surface area contributed by atoms with Crippen LogP contribution in [-0.2, 0) is 14.3 Å². The Morgan fingerprint density at radius 3 is 2.50 bits per heavy atom. The van der Waals surface area contributed by atoms with Gasteiger partial charge in [-0.25, -0.2) is 0 Å². The van der Waals surface area contributed by atoms with E-state index in [2.05, 4.69) is 12.2 Å². The van der Waals surface area contributed by atoms with Crippen LogP contribution < -0.4 is 5.32 Å². The second-order valence-corrected chi connectivity index (χ2v) is 7.23. The van der Waals surface area contributed by atoms with E-state index in [0.717, 1.165) is 31.4 Å². The number of hydrogen-bond acceptors (Lipinski definition) is 4. The lowest BCUT2D eigenvalue weighted by Gasteiger charge is -2.19. The quantitative estimate of drug-likeness (QED) is 0.665. The molecule has 1 amide bonds. The Balaban J connectivity index is 2.30. The summed E-state index contributed by atoms with van der Waals surface area (Å²) >= 11 is 1.65. The molecule has 0 spiro atoms. The molecule has 0 aromatic carbocycles. The van der Waals surface area contributed by atoms with Crippen molar-refractivity contribution in [3.63, 3.8) is 0 Å². The van der Waals surface area contributed by atoms with E-state index in [1.54, 1.807) is 11.8 Å². The minimum Gasteiger partial charge on any atom is -0.469 e. The number of methoxy groups -OCH3 is 1. The number of rotatable bonds is 9. The van der Waals surface area contributed by atoms with Gasteiger partial charge in [-0.2, -0.15) is 0 Å². The highest BCUT2D eigenvalue weighted by molar-refractivity contribution is 8.00. The molecule has 0 heterocycles. The molecule has 1 saturated carbocycles. The summed E-state index contributed by atoms with van der Waals surface area (Å²) in [4.78, 5) is 23.4. The summed E-state index contributed by atoms with van der Waals surface area (Å²) in [7, 11) is 1.43. The van der Waals surface area contributed by atoms with Crippen LogP contribution in [0.1, 0.15) is 52.9 Å². The van der Waals surface area contributed by atoms with Gasteiger partial charge < -0.3 is 10.1 Å². The summed E-state index contributed by atoms with van der Waals surface area (Å²) in [5.74, 6) is 0.820. The fourth-order valence-corrected chi connectivity index (χ4v) is 3.38. The number of amides is 1. The van der Waals surface area contributed by atoms with Gasteiger partial charge >= 0.3 is 5.97 Å². The fraction of sp³-hybridized carbons (Fsp3) is 0.867. The number of thioether (sulfide) groups is 1. The Morgan fingerprint density at radius 1 is 1.35 bits per heavy atom. The smallest absolute Gasteiger partial charge is 0.306 e. The van der Waals surface area contributed by atoms with Gasteiger partial charge in [-0.1, -0.05) is 13.3 Å². The van der Waals surface area contributed by atoms with Gasteiger partial charge in [0.05, 0.1) is 18.8 Å². The molecule has 1 fully saturated rings. The first-order chi connectivity index (χ1) is 9.42. The highest BCUT2D eigenvalue weighted by Gasteiger charge is 2.45. The van der Waals surface area contributed by atoms with Crippen molar-refractivity contribution < 1.29 is 14.3 Å². The molecule has 0 saturated heterocycles. The van der Waals surface area contributed by atoms with Crippen molar-refractivity contribution in [2.75, 3.05) is 12.9 Å². The predicted octanol–water partition coefficient (Wildman–Crippen LogP) is 2.76. The predicted molar refractivity (Wildman–Crippen MR) is 82.7 cm³/mol. The van der Waals surface area contributed by atoms with E-state index in [0.29, 0.717) is 6.42 Å². The van der Waals surface area contributed by atoms with Gasteiger partial charge in [0, 0.05) is 11.8 Å². The Kier molecular flexibility index (Phi) is 6.86. The van der Waals surface area contributed by atoms with Crippen LogP contribution in [0.15, 0.2) is 0 Å². The average molecular weight is 301 g/mol. The molecule has 2 atom stereocenters. The first-order valence-corrected chi connectivity index (χ1v) is 8.46. The van der Waals surface area contributed by atoms with Crippen LogP contribution >= 0.6 is 11.8 Å². The Morgan fingerprint density at radius 2 is 2.00 bits per heavy atom. The van der Waals surface area contributed by atoms with Crippen molar-refractivity contribution in [3.05, 3.63) is 0 Å². The molecule has 20 heavy (non-hydrogen) atoms. The van der Waals surface area contributed by atoms with Crippen LogP contribution in [0, 0.1) is 5.41 Å². The van der Waals surface area contributed by atoms with Crippen molar-refractivity contribution in [3.8, 4) is 0 Å². The number of nitrogens with one attached hydrogen (secondary N) is 1. The summed E-state index contributed by atoms with van der Waals surface area (Å²) in [5.41, 5.74) is 0.0847. The summed E-state index contributed by atoms with van der Waals surface area (Å²) < 4.78 is 4.73. The summed E-state index contributed by atoms with van der Waals surface area (Å²) in [6.07, 6.45) is 4.70. The molecular formula is C15H27NO3S. The SMILES string of the molecule is CCCC(C)NC(=O)C(C)SCC1(CC(=O)OC)CC1. The van der Waals surface area contributed by atoms with Crippen LogP contribution in [0.3, 0.4) is 0 Å². The molecule has 1 aliphatic rings. The molecule has 0 radical (unpaired) electrons. The Bertz CT molecular complexity index is 342. The number of carbonyl (C=O) groups excluding carboxylic acids is 2. The van der Waals surface area contributed by atoms with E-state index in [1.807, 2.05) is 13.8 Å². The minimum absolute atomic E-state index is 0.0653. The van der Waals surface area contributed by atoms with E-state index in [4.69, 9.17) is 4.74 Å². The molecule has 1 rings (SSSR count). The number of carbonyl (C=O) groups is 2. The van der Waals surface area contributed by atoms with Gasteiger partial charge in [-0.15, -0.1) is 11.8 Å². The maximum Gasteiger partial charge on any atom is 0.306 e. The molecule has 0 bridgehead atoms. The highest BCUT2D eigenvalue weighted by Crippen LogP contribution is 2.51. The molecule has 1 N–H and O–H groups in total. The second kappa shape index (κ2) is 7.91. The van der Waals surface area contributed by atoms with Gasteiger partial charge in [-0.3, -0.25) is 9.59 Å². The molecule has 2 unspecified atom stereocenters. The van der Waals surface area contributed by atoms with Crippen molar-refractivity contribution in [2.45, 2.75) is 64.2 Å². The lowest BCUT2D eigenvalue weighted by atomic mass is 10.1. The van der Waals surface area contributed by atoms with Crippen molar-refractivity contribution >= 4 is 23.6 Å². The summed E-state index contributed by atoms with van der Waals surface area (Å²) in [5, 5.41) is 2.97. The number of ether oxygens (including phenoxy) is 1. The number of hydrogen-bond donors (Lipinski definition) is 1. The van der Waals surface area contributed by atoms with Crippen LogP contribution in [0.4, 0.5) is 0 Å². The van der Waals surface area contributed by atoms with E-state index in [-0.39, 0.29) is 28.6 Å². The summed E-state index contributed by atoms with van der Waals surface area (Å²) in [6.45, 7) is 6.09. The highest BCUT2D eigenvalue weighted by atomic mass is 32.2. The zero-order valence-corrected chi connectivity index (χ0v) is 13.8. The zero-order valence-electron chi connectivity index (χ0n) is 13.0. The zero-order chi connectivity index (χ0) is 15.2. The monoisotopic (exact) mass is 301 g/mol. The molecule has 5 heteroatoms. The van der Waals surface area contributed by atoms with Gasteiger partial charge in [0.2, 0.25) is 5.91 Å². The fourth-order valence-electron chi connectivity index (χ4n) is 2.17. The third-order valence-corrected chi connectivity index (χ3v) is 5.32. The number of esters is 1. The molecule has 0 aromatic rings. The maximum atomic E-state index is 12.0. The van der Waals surface area contributed by atoms with Crippen LogP contribution in [0.25, 0.3) is 0 Å². The largest absolute Gasteiger partial charge is 0.469 e. The molecular weight excluding hydrogens is 274 g/mol. The average Bonchev–Trinajstić information content (AvgIpc) is 3.16. The Hall–Kier alpha value is -0.710. The van der Waals surface area contributed by atoms with Gasteiger partial charge in [0.15, 0.2) is 0 Å². The normalized spacial score (nSPS) is 19.0. The van der Waals surface area contributed by atoms with E-state index in [1.165, 1.54) is 7.11 Å². The van der Waals surface area contributed by atoms with E-state index < -0.39 is 0 Å². The third-order valence-electron chi connectivity index (χ3n) is 3.82. The topological polar surface area (TPSA) is 55.4 Å². The van der Waals surface area contributed by atoms with Gasteiger partial charge in [0.1, 0.15) is 0 Å². The van der Waals surface area contributed by atoms with E-state index in [9.17, 15) is 9.59 Å². The second-order valence-electron chi connectivity index (χ2n) is 5.90. The molecule has 0 aromatic heterocycles. The molecule has 4 nitrogen and oxygen atoms in total. The lowest BCUT2D eigenvalue weighted by Crippen LogP contribution is -2.37. The van der Waals surface area contributed by atoms with Crippen molar-refractivity contribution in [1.82, 2.24) is 5.32 Å². The minimum atomic E-state index is -0.142. The summed E-state index contributed by atoms with van der Waals surface area (Å²) in [6, 6.07) is 0.237. The first kappa shape index (κ1) is 17.3. The Labute approximate surface area is 126 Å². The van der Waals surface area contributed by atoms with Gasteiger partial charge in [-0.05, 0) is 38.5 Å². The maximum absolute atomic E-state index is 12.0. The molecule has 116 valence electrons. The lowest BCUT2D eigenvalue weighted by molar-refractivity contribution is -0.141. The van der Waals surface area contributed by atoms with Crippen LogP contribution in [-0.4, -0.2) is 36.0 Å². The van der Waals surface area contributed by atoms with E-state index >= 15 is 0 Å². The van der Waals surface area contributed by atoms with Crippen LogP contribution in [0.5, 0.6) is 0 Å². The molecule has 1 aliphatic carbocycles. The van der Waals surface area contributed by atoms with Crippen molar-refractivity contribution in [1.29, 1.82) is 0 Å².